The molecule has 0 aliphatic rings. The van der Waals surface area contributed by atoms with Gasteiger partial charge in [-0.25, -0.2) is 4.79 Å². The van der Waals surface area contributed by atoms with E-state index in [1.54, 1.807) is 12.1 Å². The zero-order valence-electron chi connectivity index (χ0n) is 8.48. The lowest BCUT2D eigenvalue weighted by molar-refractivity contribution is -0.132. The summed E-state index contributed by atoms with van der Waals surface area (Å²) in [6, 6.07) is 4.73. The molecule has 5 nitrogen and oxygen atoms in total. The number of hydrogen-bond acceptors (Lipinski definition) is 5. The van der Waals surface area contributed by atoms with Crippen LogP contribution in [0.2, 0.25) is 0 Å². The Morgan fingerprint density at radius 2 is 2.25 bits per heavy atom. The van der Waals surface area contributed by atoms with Crippen LogP contribution in [0, 0.1) is 0 Å². The molecule has 0 saturated carbocycles. The molecule has 2 N–H and O–H groups in total. The maximum atomic E-state index is 11.1. The highest BCUT2D eigenvalue weighted by atomic mass is 79.9. The summed E-state index contributed by atoms with van der Waals surface area (Å²) in [5.74, 6) is -0.587. The smallest absolute Gasteiger partial charge is 0.356 e. The Hall–Kier alpha value is -1.56. The minimum Gasteiger partial charge on any atom is -0.507 e. The van der Waals surface area contributed by atoms with E-state index in [1.807, 2.05) is 0 Å². The maximum Gasteiger partial charge on any atom is 0.356 e. The van der Waals surface area contributed by atoms with Gasteiger partial charge in [-0.1, -0.05) is 11.2 Å². The number of aromatic hydroxyl groups is 1. The van der Waals surface area contributed by atoms with E-state index in [0.717, 1.165) is 0 Å². The molecule has 1 aromatic rings. The van der Waals surface area contributed by atoms with Gasteiger partial charge >= 0.3 is 5.97 Å². The zero-order valence-corrected chi connectivity index (χ0v) is 10.1. The monoisotopic (exact) mass is 287 g/mol. The minimum atomic E-state index is -0.688. The first-order valence-electron chi connectivity index (χ1n) is 4.35. The van der Waals surface area contributed by atoms with Crippen molar-refractivity contribution in [3.05, 3.63) is 28.2 Å². The van der Waals surface area contributed by atoms with E-state index >= 15 is 0 Å². The van der Waals surface area contributed by atoms with E-state index < -0.39 is 5.97 Å². The lowest BCUT2D eigenvalue weighted by Gasteiger charge is -2.04. The largest absolute Gasteiger partial charge is 0.507 e. The topological polar surface area (TPSA) is 79.1 Å². The average Bonchev–Trinajstić information content (AvgIpc) is 2.29. The van der Waals surface area contributed by atoms with E-state index in [0.29, 0.717) is 10.0 Å². The second-order valence-electron chi connectivity index (χ2n) is 3.00. The van der Waals surface area contributed by atoms with Gasteiger partial charge in [0.25, 0.3) is 0 Å². The summed E-state index contributed by atoms with van der Waals surface area (Å²) in [6.45, 7) is 0. The van der Waals surface area contributed by atoms with E-state index in [2.05, 4.69) is 25.8 Å². The van der Waals surface area contributed by atoms with Crippen molar-refractivity contribution in [3.8, 4) is 5.75 Å². The Morgan fingerprint density at radius 1 is 1.56 bits per heavy atom. The molecule has 0 bridgehead atoms. The van der Waals surface area contributed by atoms with Gasteiger partial charge in [0.15, 0.2) is 5.71 Å². The van der Waals surface area contributed by atoms with E-state index in [-0.39, 0.29) is 17.9 Å². The number of phenolic OH excluding ortho intramolecular Hbond substituents is 1. The third kappa shape index (κ3) is 2.96. The Labute approximate surface area is 100 Å². The molecule has 0 radical (unpaired) electrons. The summed E-state index contributed by atoms with van der Waals surface area (Å²) >= 11 is 3.14. The molecule has 0 atom stereocenters. The van der Waals surface area contributed by atoms with Crippen LogP contribution < -0.4 is 0 Å². The molecule has 0 aliphatic heterocycles. The molecule has 0 unspecified atom stereocenters. The fourth-order valence-corrected chi connectivity index (χ4v) is 1.55. The minimum absolute atomic E-state index is 0.0971. The predicted molar refractivity (Wildman–Crippen MR) is 60.7 cm³/mol. The van der Waals surface area contributed by atoms with Crippen molar-refractivity contribution in [1.82, 2.24) is 0 Å². The molecule has 0 heterocycles. The molecule has 6 heteroatoms. The first kappa shape index (κ1) is 12.5. The van der Waals surface area contributed by atoms with Gasteiger partial charge in [0.1, 0.15) is 5.75 Å². The summed E-state index contributed by atoms with van der Waals surface area (Å²) in [7, 11) is 1.21. The zero-order chi connectivity index (χ0) is 12.1. The molecule has 0 aliphatic carbocycles. The highest BCUT2D eigenvalue weighted by Crippen LogP contribution is 2.24. The van der Waals surface area contributed by atoms with E-state index in [1.165, 1.54) is 13.2 Å². The van der Waals surface area contributed by atoms with Gasteiger partial charge in [0, 0.05) is 6.42 Å². The number of ether oxygens (including phenoxy) is 1. The molecule has 0 spiro atoms. The second kappa shape index (κ2) is 5.50. The Morgan fingerprint density at radius 3 is 2.75 bits per heavy atom. The van der Waals surface area contributed by atoms with Crippen molar-refractivity contribution in [1.29, 1.82) is 0 Å². The number of halogens is 1. The fraction of sp³-hybridized carbons (Fsp3) is 0.200. The molecular weight excluding hydrogens is 278 g/mol. The number of esters is 1. The maximum absolute atomic E-state index is 11.1. The van der Waals surface area contributed by atoms with Gasteiger partial charge in [-0.3, -0.25) is 0 Å². The summed E-state index contributed by atoms with van der Waals surface area (Å²) in [5, 5.41) is 20.8. The van der Waals surface area contributed by atoms with Crippen LogP contribution in [0.4, 0.5) is 0 Å². The van der Waals surface area contributed by atoms with Gasteiger partial charge in [-0.05, 0) is 33.6 Å². The van der Waals surface area contributed by atoms with Crippen LogP contribution in [0.5, 0.6) is 5.75 Å². The third-order valence-corrected chi connectivity index (χ3v) is 2.56. The van der Waals surface area contributed by atoms with Crippen molar-refractivity contribution in [2.45, 2.75) is 6.42 Å². The normalized spacial score (nSPS) is 11.2. The van der Waals surface area contributed by atoms with Crippen LogP contribution in [0.3, 0.4) is 0 Å². The van der Waals surface area contributed by atoms with E-state index in [9.17, 15) is 9.90 Å². The summed E-state index contributed by atoms with van der Waals surface area (Å²) in [4.78, 5) is 11.1. The highest BCUT2D eigenvalue weighted by Gasteiger charge is 2.13. The number of phenols is 1. The van der Waals surface area contributed by atoms with Crippen LogP contribution >= 0.6 is 15.9 Å². The molecule has 86 valence electrons. The van der Waals surface area contributed by atoms with Crippen molar-refractivity contribution in [2.75, 3.05) is 7.11 Å². The van der Waals surface area contributed by atoms with Crippen LogP contribution in [0.15, 0.2) is 27.8 Å². The van der Waals surface area contributed by atoms with Gasteiger partial charge in [-0.2, -0.15) is 0 Å². The van der Waals surface area contributed by atoms with Crippen LogP contribution in [-0.4, -0.2) is 29.1 Å². The number of carbonyl (C=O) groups is 1. The van der Waals surface area contributed by atoms with Crippen LogP contribution in [-0.2, 0) is 16.0 Å². The molecule has 1 rings (SSSR count). The molecule has 1 aromatic carbocycles. The number of nitrogens with zero attached hydrogens (tertiary/aromatic N) is 1. The summed E-state index contributed by atoms with van der Waals surface area (Å²) < 4.78 is 4.95. The SMILES string of the molecule is COC(=O)C(Cc1ccc(O)c(Br)c1)=NO. The first-order chi connectivity index (χ1) is 7.58. The van der Waals surface area contributed by atoms with Gasteiger partial charge in [-0.15, -0.1) is 0 Å². The number of hydrogen-bond donors (Lipinski definition) is 2. The lowest BCUT2D eigenvalue weighted by atomic mass is 10.1. The molecule has 0 saturated heterocycles. The van der Waals surface area contributed by atoms with Crippen molar-refractivity contribution < 1.29 is 19.8 Å². The number of methoxy groups -OCH3 is 1. The quantitative estimate of drug-likeness (QED) is 0.384. The van der Waals surface area contributed by atoms with Crippen LogP contribution in [0.1, 0.15) is 5.56 Å². The highest BCUT2D eigenvalue weighted by molar-refractivity contribution is 9.10. The van der Waals surface area contributed by atoms with E-state index in [4.69, 9.17) is 5.21 Å². The van der Waals surface area contributed by atoms with Crippen molar-refractivity contribution >= 4 is 27.6 Å². The average molecular weight is 288 g/mol. The lowest BCUT2D eigenvalue weighted by Crippen LogP contribution is -2.18. The predicted octanol–water partition coefficient (Wildman–Crippen LogP) is 1.70. The molecule has 16 heavy (non-hydrogen) atoms. The van der Waals surface area contributed by atoms with Crippen LogP contribution in [0.25, 0.3) is 0 Å². The number of oxime groups is 1. The van der Waals surface area contributed by atoms with Crippen molar-refractivity contribution in [3.63, 3.8) is 0 Å². The Bertz CT molecular complexity index is 431. The van der Waals surface area contributed by atoms with Crippen molar-refractivity contribution in [2.24, 2.45) is 5.16 Å². The Balaban J connectivity index is 2.87. The Kier molecular flexibility index (Phi) is 4.30. The molecule has 0 fully saturated rings. The summed E-state index contributed by atoms with van der Waals surface area (Å²) in [6.07, 6.45) is 0.127. The summed E-state index contributed by atoms with van der Waals surface area (Å²) in [5.41, 5.74) is 0.614. The molecule has 0 aromatic heterocycles. The van der Waals surface area contributed by atoms with Gasteiger partial charge < -0.3 is 15.1 Å². The number of carbonyl (C=O) groups excluding carboxylic acids is 1. The number of rotatable bonds is 3. The molecule has 0 amide bonds. The van der Waals surface area contributed by atoms with Gasteiger partial charge in [0.2, 0.25) is 0 Å². The third-order valence-electron chi connectivity index (χ3n) is 1.93. The van der Waals surface area contributed by atoms with Gasteiger partial charge in [0.05, 0.1) is 11.6 Å². The number of benzene rings is 1. The second-order valence-corrected chi connectivity index (χ2v) is 3.86. The first-order valence-corrected chi connectivity index (χ1v) is 5.14. The molecular formula is C10H10BrNO4. The fourth-order valence-electron chi connectivity index (χ4n) is 1.12. The standard InChI is InChI=1S/C10H10BrNO4/c1-16-10(14)8(12-15)5-6-2-3-9(13)7(11)4-6/h2-4,13,15H,5H2,1H3.